The van der Waals surface area contributed by atoms with Gasteiger partial charge in [0.15, 0.2) is 0 Å². The van der Waals surface area contributed by atoms with Crippen LogP contribution in [-0.2, 0) is 5.41 Å². The third-order valence-electron chi connectivity index (χ3n) is 12.7. The highest BCUT2D eigenvalue weighted by molar-refractivity contribution is 6.25. The van der Waals surface area contributed by atoms with Crippen LogP contribution in [-0.4, -0.2) is 0 Å². The van der Waals surface area contributed by atoms with Gasteiger partial charge in [0.2, 0.25) is 0 Å². The number of rotatable bonds is 3. The minimum absolute atomic E-state index is 0.154. The van der Waals surface area contributed by atoms with Gasteiger partial charge in [-0.25, -0.2) is 0 Å². The molecular formula is C55H36O. The van der Waals surface area contributed by atoms with Gasteiger partial charge in [0.25, 0.3) is 0 Å². The molecular weight excluding hydrogens is 677 g/mol. The lowest BCUT2D eigenvalue weighted by molar-refractivity contribution is 0.653. The van der Waals surface area contributed by atoms with Crippen molar-refractivity contribution in [1.29, 1.82) is 0 Å². The summed E-state index contributed by atoms with van der Waals surface area (Å²) in [6.07, 6.45) is 0. The summed E-state index contributed by atoms with van der Waals surface area (Å²) in [5.41, 5.74) is 14.4. The first-order valence-electron chi connectivity index (χ1n) is 19.6. The number of hydrogen-bond acceptors (Lipinski definition) is 1. The van der Waals surface area contributed by atoms with Crippen molar-refractivity contribution in [3.63, 3.8) is 0 Å². The molecule has 0 radical (unpaired) electrons. The van der Waals surface area contributed by atoms with Gasteiger partial charge in [0.05, 0.1) is 0 Å². The Balaban J connectivity index is 1.09. The van der Waals surface area contributed by atoms with E-state index in [1.54, 1.807) is 0 Å². The molecule has 262 valence electrons. The summed E-state index contributed by atoms with van der Waals surface area (Å²) in [5.74, 6) is 0. The number of furan rings is 1. The van der Waals surface area contributed by atoms with Gasteiger partial charge in [0, 0.05) is 21.8 Å². The van der Waals surface area contributed by atoms with Crippen molar-refractivity contribution in [3.8, 4) is 44.5 Å². The number of hydrogen-bond donors (Lipinski definition) is 0. The Morgan fingerprint density at radius 2 is 0.929 bits per heavy atom. The lowest BCUT2D eigenvalue weighted by atomic mass is 9.81. The average molecular weight is 713 g/mol. The van der Waals surface area contributed by atoms with E-state index in [0.29, 0.717) is 0 Å². The summed E-state index contributed by atoms with van der Waals surface area (Å²) >= 11 is 0. The van der Waals surface area contributed by atoms with Gasteiger partial charge < -0.3 is 4.42 Å². The summed E-state index contributed by atoms with van der Waals surface area (Å²) in [4.78, 5) is 0. The van der Waals surface area contributed by atoms with Crippen molar-refractivity contribution in [2.75, 3.05) is 0 Å². The summed E-state index contributed by atoms with van der Waals surface area (Å²) in [7, 11) is 0. The molecule has 1 aliphatic carbocycles. The summed E-state index contributed by atoms with van der Waals surface area (Å²) in [6.45, 7) is 4.70. The van der Waals surface area contributed by atoms with Crippen LogP contribution in [0.2, 0.25) is 0 Å². The topological polar surface area (TPSA) is 13.1 Å². The Morgan fingerprint density at radius 1 is 0.357 bits per heavy atom. The van der Waals surface area contributed by atoms with Crippen molar-refractivity contribution in [1.82, 2.24) is 0 Å². The number of benzene rings is 10. The van der Waals surface area contributed by atoms with Gasteiger partial charge in [-0.3, -0.25) is 0 Å². The first-order chi connectivity index (χ1) is 27.6. The SMILES string of the molecule is CC1(C)c2ccc(-c3ccc(-c4c5ccccc5c(-c5ccccc5)c5ccccc45)c4ccccc34)cc2-c2c1ccc1c2oc2ccc3ccccc3c21. The Labute approximate surface area is 325 Å². The Kier molecular flexibility index (Phi) is 6.46. The van der Waals surface area contributed by atoms with Crippen molar-refractivity contribution in [3.05, 3.63) is 193 Å². The smallest absolute Gasteiger partial charge is 0.143 e. The zero-order chi connectivity index (χ0) is 37.1. The van der Waals surface area contributed by atoms with Gasteiger partial charge >= 0.3 is 0 Å². The van der Waals surface area contributed by atoms with Crippen LogP contribution in [0.4, 0.5) is 0 Å². The molecule has 1 aromatic heterocycles. The van der Waals surface area contributed by atoms with E-state index in [2.05, 4.69) is 196 Å². The predicted octanol–water partition coefficient (Wildman–Crippen LogP) is 15.5. The molecule has 0 spiro atoms. The molecule has 0 saturated heterocycles. The van der Waals surface area contributed by atoms with E-state index in [9.17, 15) is 0 Å². The second-order valence-corrected chi connectivity index (χ2v) is 15.9. The van der Waals surface area contributed by atoms with Gasteiger partial charge in [-0.05, 0) is 105 Å². The van der Waals surface area contributed by atoms with E-state index >= 15 is 0 Å². The van der Waals surface area contributed by atoms with Gasteiger partial charge in [-0.1, -0.05) is 184 Å². The lowest BCUT2D eigenvalue weighted by Gasteiger charge is -2.22. The fraction of sp³-hybridized carbons (Fsp3) is 0.0545. The van der Waals surface area contributed by atoms with E-state index in [-0.39, 0.29) is 5.41 Å². The first kappa shape index (κ1) is 31.4. The molecule has 0 unspecified atom stereocenters. The van der Waals surface area contributed by atoms with E-state index in [1.807, 2.05) is 0 Å². The molecule has 1 heteroatoms. The van der Waals surface area contributed by atoms with Crippen LogP contribution in [0.1, 0.15) is 25.0 Å². The van der Waals surface area contributed by atoms with E-state index in [0.717, 1.165) is 11.2 Å². The molecule has 0 fully saturated rings. The average Bonchev–Trinajstić information content (AvgIpc) is 3.75. The molecule has 0 amide bonds. The molecule has 1 aliphatic rings. The molecule has 1 nitrogen and oxygen atoms in total. The first-order valence-corrected chi connectivity index (χ1v) is 19.6. The minimum atomic E-state index is -0.154. The molecule has 56 heavy (non-hydrogen) atoms. The van der Waals surface area contributed by atoms with Crippen LogP contribution >= 0.6 is 0 Å². The molecule has 0 atom stereocenters. The zero-order valence-electron chi connectivity index (χ0n) is 31.2. The predicted molar refractivity (Wildman–Crippen MR) is 238 cm³/mol. The van der Waals surface area contributed by atoms with Crippen LogP contribution in [0.15, 0.2) is 186 Å². The number of fused-ring (bicyclic) bond motifs is 12. The second kappa shape index (κ2) is 11.5. The fourth-order valence-corrected chi connectivity index (χ4v) is 10.1. The van der Waals surface area contributed by atoms with Crippen molar-refractivity contribution < 1.29 is 4.42 Å². The molecule has 1 heterocycles. The highest BCUT2D eigenvalue weighted by Gasteiger charge is 2.38. The summed E-state index contributed by atoms with van der Waals surface area (Å²) in [6, 6.07) is 67.1. The van der Waals surface area contributed by atoms with Crippen LogP contribution in [0.25, 0.3) is 110 Å². The zero-order valence-corrected chi connectivity index (χ0v) is 31.2. The Hall–Kier alpha value is -6.96. The van der Waals surface area contributed by atoms with Crippen molar-refractivity contribution >= 4 is 65.0 Å². The second-order valence-electron chi connectivity index (χ2n) is 15.9. The standard InChI is InChI=1S/C55H36O/c1-55(2)47-29-24-35(32-46(47)53-48(55)30-28-45-52-37-17-7-6-14-33(37)25-31-49(52)56-54(45)53)36-26-27-44(39-19-9-8-18-38(36)39)51-42-22-12-10-20-40(42)50(34-15-4-3-5-16-34)41-21-11-13-23-43(41)51/h3-32H,1-2H3. The van der Waals surface area contributed by atoms with Gasteiger partial charge in [-0.15, -0.1) is 0 Å². The van der Waals surface area contributed by atoms with E-state index in [1.165, 1.54) is 109 Å². The molecule has 0 saturated carbocycles. The van der Waals surface area contributed by atoms with Gasteiger partial charge in [0.1, 0.15) is 11.2 Å². The van der Waals surface area contributed by atoms with E-state index < -0.39 is 0 Å². The third-order valence-corrected chi connectivity index (χ3v) is 12.7. The molecule has 10 aromatic carbocycles. The van der Waals surface area contributed by atoms with Crippen molar-refractivity contribution in [2.24, 2.45) is 0 Å². The Bertz CT molecular complexity index is 3380. The molecule has 12 rings (SSSR count). The van der Waals surface area contributed by atoms with Gasteiger partial charge in [-0.2, -0.15) is 0 Å². The minimum Gasteiger partial charge on any atom is -0.455 e. The molecule has 0 N–H and O–H groups in total. The summed E-state index contributed by atoms with van der Waals surface area (Å²) < 4.78 is 6.84. The molecule has 0 bridgehead atoms. The van der Waals surface area contributed by atoms with Crippen LogP contribution < -0.4 is 0 Å². The summed E-state index contributed by atoms with van der Waals surface area (Å²) in [5, 5.41) is 12.4. The maximum Gasteiger partial charge on any atom is 0.143 e. The molecule has 11 aromatic rings. The fourth-order valence-electron chi connectivity index (χ4n) is 10.1. The van der Waals surface area contributed by atoms with Crippen LogP contribution in [0, 0.1) is 0 Å². The van der Waals surface area contributed by atoms with E-state index in [4.69, 9.17) is 4.42 Å². The largest absolute Gasteiger partial charge is 0.455 e. The van der Waals surface area contributed by atoms with Crippen molar-refractivity contribution in [2.45, 2.75) is 19.3 Å². The van der Waals surface area contributed by atoms with Crippen LogP contribution in [0.5, 0.6) is 0 Å². The molecule has 0 aliphatic heterocycles. The third kappa shape index (κ3) is 4.26. The van der Waals surface area contributed by atoms with Crippen LogP contribution in [0.3, 0.4) is 0 Å². The highest BCUT2D eigenvalue weighted by Crippen LogP contribution is 2.54. The highest BCUT2D eigenvalue weighted by atomic mass is 16.3. The Morgan fingerprint density at radius 3 is 1.64 bits per heavy atom. The normalized spacial score (nSPS) is 13.3. The quantitative estimate of drug-likeness (QED) is 0.166. The maximum atomic E-state index is 6.84. The lowest BCUT2D eigenvalue weighted by Crippen LogP contribution is -2.14. The monoisotopic (exact) mass is 712 g/mol. The maximum absolute atomic E-state index is 6.84.